The van der Waals surface area contributed by atoms with Crippen LogP contribution in [0.3, 0.4) is 0 Å². The third-order valence-electron chi connectivity index (χ3n) is 4.12. The van der Waals surface area contributed by atoms with Crippen molar-refractivity contribution in [1.82, 2.24) is 0 Å². The summed E-state index contributed by atoms with van der Waals surface area (Å²) < 4.78 is 0. The van der Waals surface area contributed by atoms with Gasteiger partial charge in [0.25, 0.3) is 0 Å². The zero-order valence-electron chi connectivity index (χ0n) is 13.8. The topological polar surface area (TPSA) is 20.2 Å². The monoisotopic (exact) mass is 270 g/mol. The molecule has 1 nitrogen and oxygen atoms in total. The van der Waals surface area contributed by atoms with E-state index in [1.165, 1.54) is 77.0 Å². The molecular weight excluding hydrogens is 232 g/mol. The fourth-order valence-corrected chi connectivity index (χ4v) is 2.70. The summed E-state index contributed by atoms with van der Waals surface area (Å²) in [6, 6.07) is 0. The maximum Gasteiger partial charge on any atom is 0.0459 e. The lowest BCUT2D eigenvalue weighted by atomic mass is 9.94. The van der Waals surface area contributed by atoms with Crippen LogP contribution in [0, 0.1) is 11.8 Å². The van der Waals surface area contributed by atoms with Crippen LogP contribution in [0.2, 0.25) is 0 Å². The Kier molecular flexibility index (Phi) is 14.3. The lowest BCUT2D eigenvalue weighted by Gasteiger charge is -2.14. The molecule has 0 aromatic heterocycles. The van der Waals surface area contributed by atoms with Gasteiger partial charge in [0.05, 0.1) is 0 Å². The highest BCUT2D eigenvalue weighted by atomic mass is 16.3. The van der Waals surface area contributed by atoms with Gasteiger partial charge in [-0.05, 0) is 24.7 Å². The normalized spacial score (nSPS) is 13.1. The second-order valence-corrected chi connectivity index (χ2v) is 6.64. The predicted octanol–water partition coefficient (Wildman–Crippen LogP) is 5.95. The molecule has 0 saturated carbocycles. The zero-order valence-corrected chi connectivity index (χ0v) is 13.8. The first kappa shape index (κ1) is 19.0. The van der Waals surface area contributed by atoms with Gasteiger partial charge in [-0.25, -0.2) is 0 Å². The first-order valence-corrected chi connectivity index (χ1v) is 8.81. The van der Waals surface area contributed by atoms with E-state index in [-0.39, 0.29) is 0 Å². The van der Waals surface area contributed by atoms with Gasteiger partial charge in [0.1, 0.15) is 0 Å². The Hall–Kier alpha value is -0.0400. The number of rotatable bonds is 14. The van der Waals surface area contributed by atoms with Gasteiger partial charge in [-0.1, -0.05) is 85.0 Å². The van der Waals surface area contributed by atoms with Gasteiger partial charge in [0.2, 0.25) is 0 Å². The van der Waals surface area contributed by atoms with Gasteiger partial charge >= 0.3 is 0 Å². The molecule has 0 amide bonds. The molecule has 1 heteroatoms. The van der Waals surface area contributed by atoms with Crippen molar-refractivity contribution >= 4 is 0 Å². The summed E-state index contributed by atoms with van der Waals surface area (Å²) in [4.78, 5) is 0. The number of aliphatic hydroxyl groups is 1. The highest BCUT2D eigenvalue weighted by Gasteiger charge is 2.07. The summed E-state index contributed by atoms with van der Waals surface area (Å²) in [5.74, 6) is 1.40. The van der Waals surface area contributed by atoms with Gasteiger partial charge in [0, 0.05) is 6.61 Å². The lowest BCUT2D eigenvalue weighted by molar-refractivity contribution is 0.203. The van der Waals surface area contributed by atoms with Gasteiger partial charge in [0.15, 0.2) is 0 Å². The number of hydrogen-bond donors (Lipinski definition) is 1. The summed E-state index contributed by atoms with van der Waals surface area (Å²) in [5, 5.41) is 9.41. The minimum Gasteiger partial charge on any atom is -0.396 e. The fraction of sp³-hybridized carbons (Fsp3) is 1.00. The van der Waals surface area contributed by atoms with Crippen LogP contribution in [0.5, 0.6) is 0 Å². The Bertz CT molecular complexity index is 165. The lowest BCUT2D eigenvalue weighted by Crippen LogP contribution is -2.06. The summed E-state index contributed by atoms with van der Waals surface area (Å²) in [6.07, 6.45) is 16.1. The summed E-state index contributed by atoms with van der Waals surface area (Å²) in [7, 11) is 0. The largest absolute Gasteiger partial charge is 0.396 e. The van der Waals surface area contributed by atoms with E-state index in [0.29, 0.717) is 12.5 Å². The van der Waals surface area contributed by atoms with Crippen molar-refractivity contribution < 1.29 is 5.11 Å². The molecule has 0 bridgehead atoms. The minimum absolute atomic E-state index is 0.400. The maximum atomic E-state index is 9.41. The van der Waals surface area contributed by atoms with Crippen LogP contribution in [0.15, 0.2) is 0 Å². The molecule has 0 heterocycles. The molecule has 0 saturated heterocycles. The van der Waals surface area contributed by atoms with E-state index in [4.69, 9.17) is 0 Å². The van der Waals surface area contributed by atoms with Crippen LogP contribution in [-0.4, -0.2) is 11.7 Å². The maximum absolute atomic E-state index is 9.41. The SMILES string of the molecule is CCCCCCCCCC(CO)CCCCC(C)C. The van der Waals surface area contributed by atoms with Crippen molar-refractivity contribution in [2.45, 2.75) is 97.8 Å². The smallest absolute Gasteiger partial charge is 0.0459 e. The molecule has 0 aromatic carbocycles. The third-order valence-corrected chi connectivity index (χ3v) is 4.12. The quantitative estimate of drug-likeness (QED) is 0.387. The van der Waals surface area contributed by atoms with Gasteiger partial charge in [-0.2, -0.15) is 0 Å². The highest BCUT2D eigenvalue weighted by Crippen LogP contribution is 2.19. The van der Waals surface area contributed by atoms with E-state index in [2.05, 4.69) is 20.8 Å². The second kappa shape index (κ2) is 14.4. The van der Waals surface area contributed by atoms with Crippen LogP contribution in [0.4, 0.5) is 0 Å². The predicted molar refractivity (Wildman–Crippen MR) is 86.5 cm³/mol. The molecule has 0 aromatic rings. The Morgan fingerprint density at radius 1 is 0.684 bits per heavy atom. The molecule has 1 unspecified atom stereocenters. The average molecular weight is 271 g/mol. The van der Waals surface area contributed by atoms with E-state index in [9.17, 15) is 5.11 Å². The molecule has 1 atom stereocenters. The van der Waals surface area contributed by atoms with Crippen LogP contribution >= 0.6 is 0 Å². The summed E-state index contributed by atoms with van der Waals surface area (Å²) in [6.45, 7) is 7.26. The first-order chi connectivity index (χ1) is 9.20. The second-order valence-electron chi connectivity index (χ2n) is 6.64. The number of aliphatic hydroxyl groups excluding tert-OH is 1. The van der Waals surface area contributed by atoms with Crippen molar-refractivity contribution in [3.8, 4) is 0 Å². The molecule has 0 radical (unpaired) electrons. The first-order valence-electron chi connectivity index (χ1n) is 8.81. The van der Waals surface area contributed by atoms with Crippen molar-refractivity contribution in [2.24, 2.45) is 11.8 Å². The van der Waals surface area contributed by atoms with E-state index >= 15 is 0 Å². The molecule has 0 rings (SSSR count). The van der Waals surface area contributed by atoms with Gasteiger partial charge in [-0.3, -0.25) is 0 Å². The van der Waals surface area contributed by atoms with Crippen LogP contribution in [-0.2, 0) is 0 Å². The molecule has 0 aliphatic carbocycles. The Morgan fingerprint density at radius 2 is 1.16 bits per heavy atom. The number of hydrogen-bond acceptors (Lipinski definition) is 1. The van der Waals surface area contributed by atoms with Gasteiger partial charge < -0.3 is 5.11 Å². The molecule has 1 N–H and O–H groups in total. The Balaban J connectivity index is 3.33. The Morgan fingerprint density at radius 3 is 1.68 bits per heavy atom. The molecular formula is C18H38O. The molecule has 0 spiro atoms. The van der Waals surface area contributed by atoms with E-state index < -0.39 is 0 Å². The molecule has 0 aliphatic rings. The van der Waals surface area contributed by atoms with Gasteiger partial charge in [-0.15, -0.1) is 0 Å². The molecule has 116 valence electrons. The zero-order chi connectivity index (χ0) is 14.3. The Labute approximate surface area is 122 Å². The van der Waals surface area contributed by atoms with Crippen molar-refractivity contribution in [3.05, 3.63) is 0 Å². The molecule has 0 fully saturated rings. The van der Waals surface area contributed by atoms with Crippen molar-refractivity contribution in [3.63, 3.8) is 0 Å². The van der Waals surface area contributed by atoms with Crippen molar-refractivity contribution in [1.29, 1.82) is 0 Å². The molecule has 0 aliphatic heterocycles. The van der Waals surface area contributed by atoms with Crippen molar-refractivity contribution in [2.75, 3.05) is 6.61 Å². The van der Waals surface area contributed by atoms with Crippen LogP contribution < -0.4 is 0 Å². The highest BCUT2D eigenvalue weighted by molar-refractivity contribution is 4.59. The summed E-state index contributed by atoms with van der Waals surface area (Å²) >= 11 is 0. The van der Waals surface area contributed by atoms with E-state index in [0.717, 1.165) is 5.92 Å². The summed E-state index contributed by atoms with van der Waals surface area (Å²) in [5.41, 5.74) is 0. The standard InChI is InChI=1S/C18H38O/c1-4-5-6-7-8-9-10-14-18(16-19)15-12-11-13-17(2)3/h17-19H,4-16H2,1-3H3. The van der Waals surface area contributed by atoms with E-state index in [1.807, 2.05) is 0 Å². The van der Waals surface area contributed by atoms with Crippen LogP contribution in [0.1, 0.15) is 97.8 Å². The minimum atomic E-state index is 0.400. The fourth-order valence-electron chi connectivity index (χ4n) is 2.70. The van der Waals surface area contributed by atoms with Crippen LogP contribution in [0.25, 0.3) is 0 Å². The molecule has 19 heavy (non-hydrogen) atoms. The van der Waals surface area contributed by atoms with E-state index in [1.54, 1.807) is 0 Å². The average Bonchev–Trinajstić information content (AvgIpc) is 2.39. The number of unbranched alkanes of at least 4 members (excludes halogenated alkanes) is 7. The third kappa shape index (κ3) is 14.2.